The Labute approximate surface area is 109 Å². The molecule has 1 rings (SSSR count). The Morgan fingerprint density at radius 3 is 2.67 bits per heavy atom. The molecule has 18 heavy (non-hydrogen) atoms. The van der Waals surface area contributed by atoms with Gasteiger partial charge in [0.05, 0.1) is 5.75 Å². The van der Waals surface area contributed by atoms with Crippen molar-refractivity contribution in [2.24, 2.45) is 5.92 Å². The number of aryl methyl sites for hydroxylation is 1. The number of aliphatic carboxylic acids is 1. The summed E-state index contributed by atoms with van der Waals surface area (Å²) in [5, 5.41) is 14.5. The van der Waals surface area contributed by atoms with Gasteiger partial charge in [0, 0.05) is 6.07 Å². The standard InChI is InChI=1S/C11H16N2O4S/c1-6(2)10(11(15)16)18-5-9(14)12-8-4-7(3)17-13-8/h4,6,10H,5H2,1-3H3,(H,15,16)(H,12,13,14). The van der Waals surface area contributed by atoms with Crippen LogP contribution in [-0.2, 0) is 9.59 Å². The molecule has 0 aromatic carbocycles. The van der Waals surface area contributed by atoms with Gasteiger partial charge in [0.2, 0.25) is 5.91 Å². The number of rotatable bonds is 6. The molecular formula is C11H16N2O4S. The van der Waals surface area contributed by atoms with E-state index >= 15 is 0 Å². The van der Waals surface area contributed by atoms with Gasteiger partial charge in [-0.1, -0.05) is 19.0 Å². The Bertz CT molecular complexity index is 430. The van der Waals surface area contributed by atoms with Gasteiger partial charge >= 0.3 is 5.97 Å². The average molecular weight is 272 g/mol. The first kappa shape index (κ1) is 14.6. The van der Waals surface area contributed by atoms with Crippen LogP contribution in [-0.4, -0.2) is 33.1 Å². The van der Waals surface area contributed by atoms with Crippen LogP contribution < -0.4 is 5.32 Å². The lowest BCUT2D eigenvalue weighted by molar-refractivity contribution is -0.137. The van der Waals surface area contributed by atoms with Crippen LogP contribution in [0.5, 0.6) is 0 Å². The lowest BCUT2D eigenvalue weighted by Gasteiger charge is -2.14. The van der Waals surface area contributed by atoms with Gasteiger partial charge in [-0.3, -0.25) is 9.59 Å². The highest BCUT2D eigenvalue weighted by Gasteiger charge is 2.23. The first-order valence-electron chi connectivity index (χ1n) is 5.47. The number of hydrogen-bond acceptors (Lipinski definition) is 5. The van der Waals surface area contributed by atoms with Gasteiger partial charge in [0.25, 0.3) is 0 Å². The topological polar surface area (TPSA) is 92.4 Å². The fourth-order valence-corrected chi connectivity index (χ4v) is 2.25. The Balaban J connectivity index is 2.43. The fraction of sp³-hybridized carbons (Fsp3) is 0.545. The van der Waals surface area contributed by atoms with Gasteiger partial charge in [-0.2, -0.15) is 0 Å². The lowest BCUT2D eigenvalue weighted by atomic mass is 10.1. The largest absolute Gasteiger partial charge is 0.480 e. The third-order valence-corrected chi connectivity index (χ3v) is 3.67. The average Bonchev–Trinajstić information content (AvgIpc) is 2.62. The zero-order valence-electron chi connectivity index (χ0n) is 10.5. The van der Waals surface area contributed by atoms with Crippen molar-refractivity contribution in [3.63, 3.8) is 0 Å². The second-order valence-corrected chi connectivity index (χ2v) is 5.31. The molecule has 0 spiro atoms. The number of carbonyl (C=O) groups is 2. The van der Waals surface area contributed by atoms with E-state index in [9.17, 15) is 9.59 Å². The summed E-state index contributed by atoms with van der Waals surface area (Å²) in [7, 11) is 0. The van der Waals surface area contributed by atoms with Crippen LogP contribution >= 0.6 is 11.8 Å². The Morgan fingerprint density at radius 1 is 1.56 bits per heavy atom. The van der Waals surface area contributed by atoms with Gasteiger partial charge in [-0.15, -0.1) is 11.8 Å². The third-order valence-electron chi connectivity index (χ3n) is 2.14. The molecule has 1 heterocycles. The fourth-order valence-electron chi connectivity index (χ4n) is 1.32. The van der Waals surface area contributed by atoms with E-state index in [1.165, 1.54) is 0 Å². The smallest absolute Gasteiger partial charge is 0.316 e. The van der Waals surface area contributed by atoms with Crippen molar-refractivity contribution in [1.29, 1.82) is 0 Å². The normalized spacial score (nSPS) is 12.4. The first-order valence-corrected chi connectivity index (χ1v) is 6.52. The molecule has 0 fully saturated rings. The second-order valence-electron chi connectivity index (χ2n) is 4.18. The Hall–Kier alpha value is -1.50. The molecule has 100 valence electrons. The van der Waals surface area contributed by atoms with E-state index < -0.39 is 11.2 Å². The first-order chi connectivity index (χ1) is 8.40. The summed E-state index contributed by atoms with van der Waals surface area (Å²) in [6, 6.07) is 1.60. The lowest BCUT2D eigenvalue weighted by Crippen LogP contribution is -2.25. The second kappa shape index (κ2) is 6.44. The maximum Gasteiger partial charge on any atom is 0.316 e. The molecule has 2 N–H and O–H groups in total. The highest BCUT2D eigenvalue weighted by atomic mass is 32.2. The predicted octanol–water partition coefficient (Wildman–Crippen LogP) is 1.76. The summed E-state index contributed by atoms with van der Waals surface area (Å²) in [5.74, 6) is -0.214. The summed E-state index contributed by atoms with van der Waals surface area (Å²) < 4.78 is 4.80. The zero-order valence-corrected chi connectivity index (χ0v) is 11.3. The predicted molar refractivity (Wildman–Crippen MR) is 68.6 cm³/mol. The molecule has 0 radical (unpaired) electrons. The van der Waals surface area contributed by atoms with Crippen molar-refractivity contribution in [3.05, 3.63) is 11.8 Å². The zero-order chi connectivity index (χ0) is 13.7. The van der Waals surface area contributed by atoms with E-state index in [1.54, 1.807) is 13.0 Å². The molecule has 0 aliphatic carbocycles. The van der Waals surface area contributed by atoms with E-state index in [4.69, 9.17) is 9.63 Å². The molecule has 0 aliphatic heterocycles. The molecule has 1 unspecified atom stereocenters. The Kier molecular flexibility index (Phi) is 5.21. The maximum atomic E-state index is 11.6. The molecule has 0 bridgehead atoms. The summed E-state index contributed by atoms with van der Waals surface area (Å²) in [6.45, 7) is 5.34. The van der Waals surface area contributed by atoms with Crippen molar-refractivity contribution in [2.75, 3.05) is 11.1 Å². The number of carboxylic acids is 1. The highest BCUT2D eigenvalue weighted by Crippen LogP contribution is 2.20. The minimum atomic E-state index is -0.903. The molecule has 1 atom stereocenters. The summed E-state index contributed by atoms with van der Waals surface area (Å²) >= 11 is 1.10. The van der Waals surface area contributed by atoms with E-state index in [0.29, 0.717) is 11.6 Å². The number of nitrogens with one attached hydrogen (secondary N) is 1. The number of aromatic nitrogens is 1. The number of carboxylic acid groups (broad SMARTS) is 1. The minimum Gasteiger partial charge on any atom is -0.480 e. The van der Waals surface area contributed by atoms with Crippen LogP contribution in [0.3, 0.4) is 0 Å². The number of thioether (sulfide) groups is 1. The molecule has 1 amide bonds. The van der Waals surface area contributed by atoms with Crippen molar-refractivity contribution in [1.82, 2.24) is 5.16 Å². The van der Waals surface area contributed by atoms with Gasteiger partial charge in [-0.25, -0.2) is 0 Å². The van der Waals surface area contributed by atoms with Crippen LogP contribution in [0.2, 0.25) is 0 Å². The van der Waals surface area contributed by atoms with E-state index in [2.05, 4.69) is 10.5 Å². The molecule has 0 aliphatic rings. The summed E-state index contributed by atoms with van der Waals surface area (Å²) in [5.41, 5.74) is 0. The summed E-state index contributed by atoms with van der Waals surface area (Å²) in [6.07, 6.45) is 0. The van der Waals surface area contributed by atoms with E-state index in [-0.39, 0.29) is 17.6 Å². The molecule has 6 nitrogen and oxygen atoms in total. The van der Waals surface area contributed by atoms with Gasteiger partial charge in [0.1, 0.15) is 11.0 Å². The number of hydrogen-bond donors (Lipinski definition) is 2. The monoisotopic (exact) mass is 272 g/mol. The number of carbonyl (C=O) groups excluding carboxylic acids is 1. The number of amides is 1. The Morgan fingerprint density at radius 2 is 2.22 bits per heavy atom. The van der Waals surface area contributed by atoms with Crippen LogP contribution in [0.25, 0.3) is 0 Å². The summed E-state index contributed by atoms with van der Waals surface area (Å²) in [4.78, 5) is 22.5. The minimum absolute atomic E-state index is 0.0328. The van der Waals surface area contributed by atoms with Gasteiger partial charge in [-0.05, 0) is 12.8 Å². The van der Waals surface area contributed by atoms with Gasteiger partial charge < -0.3 is 14.9 Å². The van der Waals surface area contributed by atoms with Crippen LogP contribution in [0, 0.1) is 12.8 Å². The molecule has 7 heteroatoms. The SMILES string of the molecule is Cc1cc(NC(=O)CSC(C(=O)O)C(C)C)no1. The van der Waals surface area contributed by atoms with Crippen LogP contribution in [0.1, 0.15) is 19.6 Å². The molecule has 0 saturated carbocycles. The van der Waals surface area contributed by atoms with Crippen LogP contribution in [0.4, 0.5) is 5.82 Å². The number of anilines is 1. The number of nitrogens with zero attached hydrogens (tertiary/aromatic N) is 1. The molecule has 1 aromatic rings. The van der Waals surface area contributed by atoms with Crippen molar-refractivity contribution >= 4 is 29.5 Å². The van der Waals surface area contributed by atoms with Crippen molar-refractivity contribution in [3.8, 4) is 0 Å². The molecule has 1 aromatic heterocycles. The quantitative estimate of drug-likeness (QED) is 0.819. The molecule has 0 saturated heterocycles. The van der Waals surface area contributed by atoms with E-state index in [1.807, 2.05) is 13.8 Å². The highest BCUT2D eigenvalue weighted by molar-refractivity contribution is 8.01. The van der Waals surface area contributed by atoms with Crippen molar-refractivity contribution in [2.45, 2.75) is 26.0 Å². The molecular weight excluding hydrogens is 256 g/mol. The third kappa shape index (κ3) is 4.40. The maximum absolute atomic E-state index is 11.6. The van der Waals surface area contributed by atoms with Crippen molar-refractivity contribution < 1.29 is 19.2 Å². The van der Waals surface area contributed by atoms with Gasteiger partial charge in [0.15, 0.2) is 5.82 Å². The van der Waals surface area contributed by atoms with E-state index in [0.717, 1.165) is 11.8 Å². The van der Waals surface area contributed by atoms with Crippen LogP contribution in [0.15, 0.2) is 10.6 Å².